The number of carbonyl (C=O) groups excluding carboxylic acids is 2. The van der Waals surface area contributed by atoms with Gasteiger partial charge in [-0.05, 0) is 36.2 Å². The summed E-state index contributed by atoms with van der Waals surface area (Å²) in [7, 11) is 0. The molecule has 0 saturated heterocycles. The topological polar surface area (TPSA) is 71.1 Å². The molecule has 3 aromatic rings. The molecule has 0 unspecified atom stereocenters. The zero-order chi connectivity index (χ0) is 19.6. The SMILES string of the molecule is CC(C)CC(=O)Nc1nc2ccc(NC(=O)c3c(Cl)cccc3Cl)cc2s1. The lowest BCUT2D eigenvalue weighted by Crippen LogP contribution is -2.13. The molecule has 1 aromatic heterocycles. The van der Waals surface area contributed by atoms with Crippen LogP contribution in [0.25, 0.3) is 10.2 Å². The first-order valence-corrected chi connectivity index (χ1v) is 9.86. The Morgan fingerprint density at radius 1 is 1.11 bits per heavy atom. The van der Waals surface area contributed by atoms with Gasteiger partial charge in [0.25, 0.3) is 5.91 Å². The third kappa shape index (κ3) is 4.77. The molecule has 0 atom stereocenters. The van der Waals surface area contributed by atoms with E-state index in [-0.39, 0.29) is 33.3 Å². The first-order valence-electron chi connectivity index (χ1n) is 8.29. The van der Waals surface area contributed by atoms with Crippen LogP contribution in [0, 0.1) is 5.92 Å². The number of hydrogen-bond acceptors (Lipinski definition) is 4. The summed E-state index contributed by atoms with van der Waals surface area (Å²) in [5, 5.41) is 6.71. The molecular weight excluding hydrogens is 405 g/mol. The van der Waals surface area contributed by atoms with Crippen LogP contribution in [0.5, 0.6) is 0 Å². The van der Waals surface area contributed by atoms with Gasteiger partial charge in [0.2, 0.25) is 5.91 Å². The molecule has 2 N–H and O–H groups in total. The van der Waals surface area contributed by atoms with Crippen LogP contribution in [0.1, 0.15) is 30.6 Å². The van der Waals surface area contributed by atoms with Crippen LogP contribution in [-0.4, -0.2) is 16.8 Å². The highest BCUT2D eigenvalue weighted by atomic mass is 35.5. The Morgan fingerprint density at radius 3 is 2.48 bits per heavy atom. The molecule has 0 aliphatic heterocycles. The Kier molecular flexibility index (Phi) is 5.99. The molecule has 2 aromatic carbocycles. The minimum Gasteiger partial charge on any atom is -0.322 e. The van der Waals surface area contributed by atoms with Crippen LogP contribution < -0.4 is 10.6 Å². The summed E-state index contributed by atoms with van der Waals surface area (Å²) in [6.07, 6.45) is 0.440. The van der Waals surface area contributed by atoms with Crippen molar-refractivity contribution in [3.05, 3.63) is 52.0 Å². The smallest absolute Gasteiger partial charge is 0.258 e. The Balaban J connectivity index is 1.78. The van der Waals surface area contributed by atoms with E-state index in [1.165, 1.54) is 11.3 Å². The van der Waals surface area contributed by atoms with E-state index in [0.717, 1.165) is 10.2 Å². The highest BCUT2D eigenvalue weighted by Crippen LogP contribution is 2.30. The molecular formula is C19H17Cl2N3O2S. The van der Waals surface area contributed by atoms with Crippen molar-refractivity contribution in [3.8, 4) is 0 Å². The predicted octanol–water partition coefficient (Wildman–Crippen LogP) is 5.84. The summed E-state index contributed by atoms with van der Waals surface area (Å²) >= 11 is 13.5. The van der Waals surface area contributed by atoms with Crippen LogP contribution in [0.3, 0.4) is 0 Å². The average Bonchev–Trinajstić information content (AvgIpc) is 2.95. The summed E-state index contributed by atoms with van der Waals surface area (Å²) in [4.78, 5) is 28.8. The van der Waals surface area contributed by atoms with Crippen molar-refractivity contribution in [2.24, 2.45) is 5.92 Å². The second kappa shape index (κ2) is 8.25. The molecule has 0 aliphatic rings. The first kappa shape index (κ1) is 19.6. The van der Waals surface area contributed by atoms with Crippen molar-refractivity contribution in [3.63, 3.8) is 0 Å². The summed E-state index contributed by atoms with van der Waals surface area (Å²) < 4.78 is 0.845. The zero-order valence-electron chi connectivity index (χ0n) is 14.7. The van der Waals surface area contributed by atoms with Crippen molar-refractivity contribution < 1.29 is 9.59 Å². The van der Waals surface area contributed by atoms with Crippen molar-refractivity contribution in [2.75, 3.05) is 10.6 Å². The molecule has 0 radical (unpaired) electrons. The Labute approximate surface area is 170 Å². The molecule has 8 heteroatoms. The van der Waals surface area contributed by atoms with E-state index in [2.05, 4.69) is 15.6 Å². The Hall–Kier alpha value is -2.15. The molecule has 27 heavy (non-hydrogen) atoms. The second-order valence-electron chi connectivity index (χ2n) is 6.40. The molecule has 1 heterocycles. The van der Waals surface area contributed by atoms with Gasteiger partial charge in [-0.1, -0.05) is 54.5 Å². The molecule has 3 rings (SSSR count). The van der Waals surface area contributed by atoms with E-state index >= 15 is 0 Å². The predicted molar refractivity (Wildman–Crippen MR) is 112 cm³/mol. The van der Waals surface area contributed by atoms with E-state index in [0.29, 0.717) is 17.2 Å². The summed E-state index contributed by atoms with van der Waals surface area (Å²) in [6.45, 7) is 3.97. The molecule has 0 fully saturated rings. The zero-order valence-corrected chi connectivity index (χ0v) is 17.0. The number of anilines is 2. The molecule has 2 amide bonds. The largest absolute Gasteiger partial charge is 0.322 e. The standard InChI is InChI=1S/C19H17Cl2N3O2S/c1-10(2)8-16(25)24-19-23-14-7-6-11(9-15(14)27-19)22-18(26)17-12(20)4-3-5-13(17)21/h3-7,9-10H,8H2,1-2H3,(H,22,26)(H,23,24,25). The number of amides is 2. The number of hydrogen-bond donors (Lipinski definition) is 2. The maximum Gasteiger partial charge on any atom is 0.258 e. The van der Waals surface area contributed by atoms with Crippen LogP contribution in [0.15, 0.2) is 36.4 Å². The number of fused-ring (bicyclic) bond motifs is 1. The maximum absolute atomic E-state index is 12.5. The normalized spacial score (nSPS) is 11.0. The van der Waals surface area contributed by atoms with Crippen molar-refractivity contribution >= 4 is 67.4 Å². The number of nitrogens with one attached hydrogen (secondary N) is 2. The highest BCUT2D eigenvalue weighted by molar-refractivity contribution is 7.22. The summed E-state index contributed by atoms with van der Waals surface area (Å²) in [5.41, 5.74) is 1.56. The molecule has 0 spiro atoms. The number of nitrogens with zero attached hydrogens (tertiary/aromatic N) is 1. The number of rotatable bonds is 5. The number of benzene rings is 2. The number of carbonyl (C=O) groups is 2. The van der Waals surface area contributed by atoms with Crippen LogP contribution >= 0.6 is 34.5 Å². The van der Waals surface area contributed by atoms with Gasteiger partial charge in [0, 0.05) is 12.1 Å². The van der Waals surface area contributed by atoms with E-state index < -0.39 is 0 Å². The third-order valence-corrected chi connectivity index (χ3v) is 5.24. The lowest BCUT2D eigenvalue weighted by Gasteiger charge is -2.08. The highest BCUT2D eigenvalue weighted by Gasteiger charge is 2.15. The second-order valence-corrected chi connectivity index (χ2v) is 8.24. The lowest BCUT2D eigenvalue weighted by molar-refractivity contribution is -0.116. The van der Waals surface area contributed by atoms with Crippen LogP contribution in [0.4, 0.5) is 10.8 Å². The molecule has 140 valence electrons. The molecule has 5 nitrogen and oxygen atoms in total. The molecule has 0 bridgehead atoms. The van der Waals surface area contributed by atoms with Gasteiger partial charge in [-0.3, -0.25) is 9.59 Å². The quantitative estimate of drug-likeness (QED) is 0.543. The van der Waals surface area contributed by atoms with Gasteiger partial charge < -0.3 is 10.6 Å². The van der Waals surface area contributed by atoms with Crippen LogP contribution in [0.2, 0.25) is 10.0 Å². The van der Waals surface area contributed by atoms with Crippen molar-refractivity contribution in [1.29, 1.82) is 0 Å². The monoisotopic (exact) mass is 421 g/mol. The number of halogens is 2. The van der Waals surface area contributed by atoms with Crippen LogP contribution in [-0.2, 0) is 4.79 Å². The van der Waals surface area contributed by atoms with Gasteiger partial charge in [-0.25, -0.2) is 4.98 Å². The Morgan fingerprint density at radius 2 is 1.81 bits per heavy atom. The van der Waals surface area contributed by atoms with Gasteiger partial charge >= 0.3 is 0 Å². The van der Waals surface area contributed by atoms with Gasteiger partial charge in [-0.2, -0.15) is 0 Å². The Bertz CT molecular complexity index is 997. The van der Waals surface area contributed by atoms with Gasteiger partial charge in [0.15, 0.2) is 5.13 Å². The molecule has 0 saturated carbocycles. The van der Waals surface area contributed by atoms with Crippen molar-refractivity contribution in [2.45, 2.75) is 20.3 Å². The maximum atomic E-state index is 12.5. The minimum absolute atomic E-state index is 0.0639. The van der Waals surface area contributed by atoms with Crippen molar-refractivity contribution in [1.82, 2.24) is 4.98 Å². The third-order valence-electron chi connectivity index (χ3n) is 3.68. The van der Waals surface area contributed by atoms with Gasteiger partial charge in [-0.15, -0.1) is 0 Å². The lowest BCUT2D eigenvalue weighted by atomic mass is 10.1. The fourth-order valence-electron chi connectivity index (χ4n) is 2.51. The molecule has 0 aliphatic carbocycles. The average molecular weight is 422 g/mol. The summed E-state index contributed by atoms with van der Waals surface area (Å²) in [6, 6.07) is 10.2. The number of aromatic nitrogens is 1. The fraction of sp³-hybridized carbons (Fsp3) is 0.211. The number of thiazole rings is 1. The minimum atomic E-state index is -0.389. The first-order chi connectivity index (χ1) is 12.8. The fourth-order valence-corrected chi connectivity index (χ4v) is 4.00. The summed E-state index contributed by atoms with van der Waals surface area (Å²) in [5.74, 6) is -0.177. The van der Waals surface area contributed by atoms with E-state index in [1.807, 2.05) is 13.8 Å². The van der Waals surface area contributed by atoms with E-state index in [9.17, 15) is 9.59 Å². The van der Waals surface area contributed by atoms with E-state index in [1.54, 1.807) is 36.4 Å². The van der Waals surface area contributed by atoms with Gasteiger partial charge in [0.1, 0.15) is 0 Å². The van der Waals surface area contributed by atoms with Gasteiger partial charge in [0.05, 0.1) is 25.8 Å². The van der Waals surface area contributed by atoms with E-state index in [4.69, 9.17) is 23.2 Å².